The van der Waals surface area contributed by atoms with Crippen LogP contribution in [0.5, 0.6) is 11.5 Å². The van der Waals surface area contributed by atoms with E-state index in [0.29, 0.717) is 43.6 Å². The molecule has 3 atom stereocenters. The van der Waals surface area contributed by atoms with E-state index in [4.69, 9.17) is 19.9 Å². The summed E-state index contributed by atoms with van der Waals surface area (Å²) < 4.78 is 16.5. The molecule has 0 spiro atoms. The number of aliphatic hydroxyl groups is 1. The van der Waals surface area contributed by atoms with Crippen molar-refractivity contribution in [1.82, 2.24) is 10.6 Å². The minimum atomic E-state index is -0.832. The Kier molecular flexibility index (Phi) is 14.6. The molecular weight excluding hydrogens is 482 g/mol. The number of hydrogen-bond donors (Lipinski definition) is 4. The van der Waals surface area contributed by atoms with E-state index in [0.717, 1.165) is 31.2 Å². The van der Waals surface area contributed by atoms with Gasteiger partial charge in [-0.05, 0) is 60.8 Å². The molecule has 0 heterocycles. The average Bonchev–Trinajstić information content (AvgIpc) is 2.92. The van der Waals surface area contributed by atoms with Gasteiger partial charge in [-0.3, -0.25) is 0 Å². The molecule has 38 heavy (non-hydrogen) atoms. The molecule has 2 aromatic carbocycles. The SMILES string of the molecule is COCCCOc1cc(CC(CC(N)C(O)CNC(=O)NCCCc2ccccc2)C(C)C)ccc1OC. The Morgan fingerprint density at radius 1 is 0.974 bits per heavy atom. The van der Waals surface area contributed by atoms with Crippen molar-refractivity contribution in [1.29, 1.82) is 0 Å². The lowest BCUT2D eigenvalue weighted by molar-refractivity contribution is 0.125. The number of carbonyl (C=O) groups excluding carboxylic acids is 1. The number of carbonyl (C=O) groups is 1. The zero-order chi connectivity index (χ0) is 27.8. The van der Waals surface area contributed by atoms with Crippen molar-refractivity contribution in [3.8, 4) is 11.5 Å². The van der Waals surface area contributed by atoms with E-state index in [1.807, 2.05) is 36.4 Å². The zero-order valence-electron chi connectivity index (χ0n) is 23.4. The third kappa shape index (κ3) is 11.7. The fraction of sp³-hybridized carbons (Fsp3) is 0.567. The first-order valence-electron chi connectivity index (χ1n) is 13.6. The maximum Gasteiger partial charge on any atom is 0.314 e. The van der Waals surface area contributed by atoms with Crippen LogP contribution in [0, 0.1) is 11.8 Å². The largest absolute Gasteiger partial charge is 0.493 e. The molecule has 3 unspecified atom stereocenters. The van der Waals surface area contributed by atoms with E-state index in [1.54, 1.807) is 14.2 Å². The molecule has 0 fully saturated rings. The maximum atomic E-state index is 12.1. The van der Waals surface area contributed by atoms with Crippen molar-refractivity contribution in [3.63, 3.8) is 0 Å². The van der Waals surface area contributed by atoms with Crippen molar-refractivity contribution < 1.29 is 24.1 Å². The van der Waals surface area contributed by atoms with Gasteiger partial charge in [0.2, 0.25) is 0 Å². The minimum absolute atomic E-state index is 0.110. The molecule has 5 N–H and O–H groups in total. The number of rotatable bonds is 18. The normalized spacial score (nSPS) is 13.6. The molecule has 0 aliphatic heterocycles. The molecule has 0 radical (unpaired) electrons. The fourth-order valence-corrected chi connectivity index (χ4v) is 4.30. The van der Waals surface area contributed by atoms with E-state index >= 15 is 0 Å². The van der Waals surface area contributed by atoms with Crippen LogP contribution in [0.25, 0.3) is 0 Å². The quantitative estimate of drug-likeness (QED) is 0.218. The smallest absolute Gasteiger partial charge is 0.314 e. The van der Waals surface area contributed by atoms with Gasteiger partial charge in [0.1, 0.15) is 0 Å². The van der Waals surface area contributed by atoms with E-state index < -0.39 is 12.1 Å². The number of aryl methyl sites for hydroxylation is 1. The molecule has 0 saturated heterocycles. The molecular formula is C30H47N3O5. The lowest BCUT2D eigenvalue weighted by Gasteiger charge is -2.27. The van der Waals surface area contributed by atoms with Gasteiger partial charge in [0.25, 0.3) is 0 Å². The Bertz CT molecular complexity index is 925. The second kappa shape index (κ2) is 17.7. The van der Waals surface area contributed by atoms with Gasteiger partial charge in [-0.15, -0.1) is 0 Å². The molecule has 0 aliphatic carbocycles. The number of nitrogens with one attached hydrogen (secondary N) is 2. The average molecular weight is 530 g/mol. The lowest BCUT2D eigenvalue weighted by Crippen LogP contribution is -2.47. The summed E-state index contributed by atoms with van der Waals surface area (Å²) in [6.45, 7) is 6.19. The molecule has 212 valence electrons. The summed E-state index contributed by atoms with van der Waals surface area (Å²) in [5.74, 6) is 2.03. The first kappa shape index (κ1) is 31.4. The third-order valence-corrected chi connectivity index (χ3v) is 6.73. The minimum Gasteiger partial charge on any atom is -0.493 e. The molecule has 2 rings (SSSR count). The summed E-state index contributed by atoms with van der Waals surface area (Å²) in [7, 11) is 3.31. The Balaban J connectivity index is 1.80. The topological polar surface area (TPSA) is 115 Å². The van der Waals surface area contributed by atoms with Crippen LogP contribution < -0.4 is 25.8 Å². The molecule has 0 bridgehead atoms. The predicted octanol–water partition coefficient (Wildman–Crippen LogP) is 3.94. The van der Waals surface area contributed by atoms with Crippen molar-refractivity contribution in [2.45, 2.75) is 58.1 Å². The molecule has 0 aliphatic rings. The summed E-state index contributed by atoms with van der Waals surface area (Å²) in [5.41, 5.74) is 8.75. The highest BCUT2D eigenvalue weighted by Gasteiger charge is 2.23. The highest BCUT2D eigenvalue weighted by atomic mass is 16.5. The highest BCUT2D eigenvalue weighted by Crippen LogP contribution is 2.31. The molecule has 2 aromatic rings. The summed E-state index contributed by atoms with van der Waals surface area (Å²) in [6, 6.07) is 15.4. The standard InChI is InChI=1S/C30H47N3O5/c1-22(2)25(18-24-13-14-28(37-4)29(19-24)38-17-9-16-36-3)20-26(31)27(34)21-33-30(35)32-15-8-12-23-10-6-5-7-11-23/h5-7,10-11,13-14,19,22,25-27,34H,8-9,12,15-18,20-21,31H2,1-4H3,(H2,32,33,35). The molecule has 0 saturated carbocycles. The first-order chi connectivity index (χ1) is 18.3. The van der Waals surface area contributed by atoms with Crippen LogP contribution >= 0.6 is 0 Å². The summed E-state index contributed by atoms with van der Waals surface area (Å²) in [6.07, 6.45) is 3.15. The molecule has 2 amide bonds. The number of methoxy groups -OCH3 is 2. The van der Waals surface area contributed by atoms with Gasteiger partial charge in [0.15, 0.2) is 11.5 Å². The third-order valence-electron chi connectivity index (χ3n) is 6.73. The Morgan fingerprint density at radius 2 is 1.74 bits per heavy atom. The number of ether oxygens (including phenoxy) is 3. The van der Waals surface area contributed by atoms with Crippen molar-refractivity contribution in [2.24, 2.45) is 17.6 Å². The Hall–Kier alpha value is -2.81. The van der Waals surface area contributed by atoms with Gasteiger partial charge in [0.05, 0.1) is 19.8 Å². The van der Waals surface area contributed by atoms with Crippen LogP contribution in [-0.4, -0.2) is 63.8 Å². The van der Waals surface area contributed by atoms with Gasteiger partial charge < -0.3 is 35.7 Å². The fourth-order valence-electron chi connectivity index (χ4n) is 4.30. The second-order valence-corrected chi connectivity index (χ2v) is 10.1. The van der Waals surface area contributed by atoms with Crippen LogP contribution in [0.3, 0.4) is 0 Å². The summed E-state index contributed by atoms with van der Waals surface area (Å²) in [5, 5.41) is 16.2. The van der Waals surface area contributed by atoms with E-state index in [1.165, 1.54) is 5.56 Å². The van der Waals surface area contributed by atoms with Crippen LogP contribution in [0.1, 0.15) is 44.2 Å². The maximum absolute atomic E-state index is 12.1. The van der Waals surface area contributed by atoms with Gasteiger partial charge in [0, 0.05) is 39.3 Å². The van der Waals surface area contributed by atoms with Crippen molar-refractivity contribution in [3.05, 3.63) is 59.7 Å². The molecule has 0 aromatic heterocycles. The number of benzene rings is 2. The Morgan fingerprint density at radius 3 is 2.42 bits per heavy atom. The lowest BCUT2D eigenvalue weighted by atomic mass is 9.83. The highest BCUT2D eigenvalue weighted by molar-refractivity contribution is 5.73. The summed E-state index contributed by atoms with van der Waals surface area (Å²) >= 11 is 0. The van der Waals surface area contributed by atoms with Crippen LogP contribution in [0.2, 0.25) is 0 Å². The number of amides is 2. The number of aliphatic hydroxyl groups excluding tert-OH is 1. The molecule has 8 heteroatoms. The number of nitrogens with two attached hydrogens (primary N) is 1. The predicted molar refractivity (Wildman–Crippen MR) is 152 cm³/mol. The van der Waals surface area contributed by atoms with Crippen molar-refractivity contribution >= 4 is 6.03 Å². The Labute approximate surface area is 228 Å². The zero-order valence-corrected chi connectivity index (χ0v) is 23.4. The monoisotopic (exact) mass is 529 g/mol. The number of urea groups is 1. The van der Waals surface area contributed by atoms with Crippen LogP contribution in [0.15, 0.2) is 48.5 Å². The summed E-state index contributed by atoms with van der Waals surface area (Å²) in [4.78, 5) is 12.1. The van der Waals surface area contributed by atoms with E-state index in [-0.39, 0.29) is 18.5 Å². The van der Waals surface area contributed by atoms with Gasteiger partial charge in [-0.2, -0.15) is 0 Å². The van der Waals surface area contributed by atoms with Crippen LogP contribution in [0.4, 0.5) is 4.79 Å². The number of hydrogen-bond acceptors (Lipinski definition) is 6. The first-order valence-corrected chi connectivity index (χ1v) is 13.6. The van der Waals surface area contributed by atoms with Crippen molar-refractivity contribution in [2.75, 3.05) is 40.5 Å². The second-order valence-electron chi connectivity index (χ2n) is 10.1. The van der Waals surface area contributed by atoms with Crippen LogP contribution in [-0.2, 0) is 17.6 Å². The van der Waals surface area contributed by atoms with E-state index in [9.17, 15) is 9.90 Å². The molecule has 8 nitrogen and oxygen atoms in total. The van der Waals surface area contributed by atoms with Gasteiger partial charge >= 0.3 is 6.03 Å². The van der Waals surface area contributed by atoms with Gasteiger partial charge in [-0.1, -0.05) is 50.2 Å². The van der Waals surface area contributed by atoms with Gasteiger partial charge in [-0.25, -0.2) is 4.79 Å². The van der Waals surface area contributed by atoms with E-state index in [2.05, 4.69) is 36.6 Å².